The summed E-state index contributed by atoms with van der Waals surface area (Å²) < 4.78 is 10.8. The molecule has 0 aliphatic carbocycles. The van der Waals surface area contributed by atoms with Crippen LogP contribution in [0.1, 0.15) is 18.4 Å². The minimum Gasteiger partial charge on any atom is -0.493 e. The Bertz CT molecular complexity index is 382. The van der Waals surface area contributed by atoms with E-state index in [0.29, 0.717) is 19.8 Å². The molecule has 0 aliphatic rings. The van der Waals surface area contributed by atoms with Crippen LogP contribution >= 0.6 is 11.6 Å². The maximum Gasteiger partial charge on any atom is 0.125 e. The van der Waals surface area contributed by atoms with Gasteiger partial charge in [-0.3, -0.25) is 0 Å². The van der Waals surface area contributed by atoms with Gasteiger partial charge in [0.15, 0.2) is 0 Å². The van der Waals surface area contributed by atoms with Crippen molar-refractivity contribution in [2.75, 3.05) is 26.9 Å². The third-order valence-corrected chi connectivity index (χ3v) is 3.02. The third-order valence-electron chi connectivity index (χ3n) is 2.67. The van der Waals surface area contributed by atoms with Crippen LogP contribution in [0.3, 0.4) is 0 Å². The van der Waals surface area contributed by atoms with E-state index in [1.165, 1.54) is 0 Å². The number of methoxy groups -OCH3 is 1. The number of nitrogens with one attached hydrogen (secondary N) is 1. The van der Waals surface area contributed by atoms with Gasteiger partial charge in [0, 0.05) is 30.8 Å². The fourth-order valence-electron chi connectivity index (χ4n) is 1.64. The fourth-order valence-corrected chi connectivity index (χ4v) is 1.88. The first-order valence-corrected chi connectivity index (χ1v) is 6.88. The summed E-state index contributed by atoms with van der Waals surface area (Å²) in [5, 5.41) is 4.01. The summed E-state index contributed by atoms with van der Waals surface area (Å²) in [5.74, 6) is 0.849. The highest BCUT2D eigenvalue weighted by atomic mass is 35.5. The average Bonchev–Trinajstić information content (AvgIpc) is 2.42. The standard InChI is InChI=1S/C15H22ClNO2/c1-3-4-5-10-19-15-8-6-7-14(16)13(15)12-17-9-11-18-2/h3,6-8,17H,1,4-5,9-12H2,2H3. The molecule has 0 bridgehead atoms. The lowest BCUT2D eigenvalue weighted by molar-refractivity contribution is 0.199. The molecule has 0 saturated carbocycles. The predicted molar refractivity (Wildman–Crippen MR) is 80.0 cm³/mol. The van der Waals surface area contributed by atoms with E-state index in [-0.39, 0.29) is 0 Å². The summed E-state index contributed by atoms with van der Waals surface area (Å²) >= 11 is 6.21. The molecule has 1 aromatic carbocycles. The number of rotatable bonds is 10. The van der Waals surface area contributed by atoms with E-state index < -0.39 is 0 Å². The molecule has 1 rings (SSSR count). The van der Waals surface area contributed by atoms with Crippen molar-refractivity contribution >= 4 is 11.6 Å². The molecule has 19 heavy (non-hydrogen) atoms. The van der Waals surface area contributed by atoms with Gasteiger partial charge < -0.3 is 14.8 Å². The Morgan fingerprint density at radius 3 is 2.95 bits per heavy atom. The van der Waals surface area contributed by atoms with E-state index in [0.717, 1.165) is 35.7 Å². The number of benzene rings is 1. The van der Waals surface area contributed by atoms with Crippen molar-refractivity contribution in [1.29, 1.82) is 0 Å². The van der Waals surface area contributed by atoms with Crippen LogP contribution in [0.15, 0.2) is 30.9 Å². The summed E-state index contributed by atoms with van der Waals surface area (Å²) in [6.07, 6.45) is 3.82. The maximum atomic E-state index is 6.21. The van der Waals surface area contributed by atoms with E-state index in [4.69, 9.17) is 21.1 Å². The number of hydrogen-bond acceptors (Lipinski definition) is 3. The highest BCUT2D eigenvalue weighted by Gasteiger charge is 2.07. The Labute approximate surface area is 120 Å². The Balaban J connectivity index is 2.53. The molecule has 0 heterocycles. The smallest absolute Gasteiger partial charge is 0.125 e. The first-order chi connectivity index (χ1) is 9.29. The summed E-state index contributed by atoms with van der Waals surface area (Å²) in [7, 11) is 1.69. The number of ether oxygens (including phenoxy) is 2. The van der Waals surface area contributed by atoms with Gasteiger partial charge in [-0.05, 0) is 25.0 Å². The number of hydrogen-bond donors (Lipinski definition) is 1. The van der Waals surface area contributed by atoms with Crippen molar-refractivity contribution in [1.82, 2.24) is 5.32 Å². The normalized spacial score (nSPS) is 10.4. The summed E-state index contributed by atoms with van der Waals surface area (Å²) in [6, 6.07) is 5.74. The van der Waals surface area contributed by atoms with Crippen molar-refractivity contribution in [3.05, 3.63) is 41.4 Å². The molecule has 0 saturated heterocycles. The molecule has 0 atom stereocenters. The monoisotopic (exact) mass is 283 g/mol. The number of allylic oxidation sites excluding steroid dienone is 1. The second kappa shape index (κ2) is 9.84. The van der Waals surface area contributed by atoms with Crippen LogP contribution in [-0.2, 0) is 11.3 Å². The van der Waals surface area contributed by atoms with E-state index in [2.05, 4.69) is 11.9 Å². The zero-order valence-corrected chi connectivity index (χ0v) is 12.2. The summed E-state index contributed by atoms with van der Waals surface area (Å²) in [5.41, 5.74) is 0.999. The number of unbranched alkanes of at least 4 members (excludes halogenated alkanes) is 1. The quantitative estimate of drug-likeness (QED) is 0.527. The predicted octanol–water partition coefficient (Wildman–Crippen LogP) is 3.42. The van der Waals surface area contributed by atoms with Gasteiger partial charge >= 0.3 is 0 Å². The zero-order chi connectivity index (χ0) is 13.9. The van der Waals surface area contributed by atoms with Gasteiger partial charge in [0.1, 0.15) is 5.75 Å². The molecule has 4 heteroatoms. The Hall–Kier alpha value is -1.03. The Morgan fingerprint density at radius 1 is 1.37 bits per heavy atom. The molecule has 0 spiro atoms. The minimum absolute atomic E-state index is 0.678. The molecule has 106 valence electrons. The van der Waals surface area contributed by atoms with Crippen molar-refractivity contribution in [2.24, 2.45) is 0 Å². The van der Waals surface area contributed by atoms with Crippen LogP contribution in [0.4, 0.5) is 0 Å². The average molecular weight is 284 g/mol. The molecule has 0 fully saturated rings. The topological polar surface area (TPSA) is 30.5 Å². The van der Waals surface area contributed by atoms with Gasteiger partial charge in [-0.2, -0.15) is 0 Å². The molecule has 0 amide bonds. The van der Waals surface area contributed by atoms with Crippen LogP contribution in [-0.4, -0.2) is 26.9 Å². The largest absolute Gasteiger partial charge is 0.493 e. The SMILES string of the molecule is C=CCCCOc1cccc(Cl)c1CNCCOC. The van der Waals surface area contributed by atoms with Crippen molar-refractivity contribution in [2.45, 2.75) is 19.4 Å². The van der Waals surface area contributed by atoms with Gasteiger partial charge in [-0.25, -0.2) is 0 Å². The van der Waals surface area contributed by atoms with Crippen molar-refractivity contribution in [3.8, 4) is 5.75 Å². The molecular weight excluding hydrogens is 262 g/mol. The van der Waals surface area contributed by atoms with Crippen molar-refractivity contribution < 1.29 is 9.47 Å². The first-order valence-electron chi connectivity index (χ1n) is 6.50. The van der Waals surface area contributed by atoms with Gasteiger partial charge in [-0.1, -0.05) is 23.7 Å². The number of halogens is 1. The third kappa shape index (κ3) is 6.10. The van der Waals surface area contributed by atoms with Crippen LogP contribution in [0.2, 0.25) is 5.02 Å². The van der Waals surface area contributed by atoms with Gasteiger partial charge in [0.2, 0.25) is 0 Å². The van der Waals surface area contributed by atoms with E-state index >= 15 is 0 Å². The molecule has 1 aromatic rings. The molecular formula is C15H22ClNO2. The first kappa shape index (κ1) is 16.0. The maximum absolute atomic E-state index is 6.21. The van der Waals surface area contributed by atoms with E-state index in [1.807, 2.05) is 24.3 Å². The summed E-state index contributed by atoms with van der Waals surface area (Å²) in [6.45, 7) is 6.52. The van der Waals surface area contributed by atoms with Crippen molar-refractivity contribution in [3.63, 3.8) is 0 Å². The van der Waals surface area contributed by atoms with Crippen LogP contribution in [0.25, 0.3) is 0 Å². The van der Waals surface area contributed by atoms with Crippen LogP contribution in [0.5, 0.6) is 5.75 Å². The second-order valence-electron chi connectivity index (χ2n) is 4.17. The molecule has 0 aliphatic heterocycles. The Morgan fingerprint density at radius 2 is 2.21 bits per heavy atom. The van der Waals surface area contributed by atoms with Crippen LogP contribution < -0.4 is 10.1 Å². The zero-order valence-electron chi connectivity index (χ0n) is 11.5. The summed E-state index contributed by atoms with van der Waals surface area (Å²) in [4.78, 5) is 0. The minimum atomic E-state index is 0.678. The molecule has 0 aromatic heterocycles. The lowest BCUT2D eigenvalue weighted by Crippen LogP contribution is -2.19. The fraction of sp³-hybridized carbons (Fsp3) is 0.467. The molecule has 0 radical (unpaired) electrons. The Kier molecular flexibility index (Phi) is 8.30. The lowest BCUT2D eigenvalue weighted by atomic mass is 10.2. The van der Waals surface area contributed by atoms with E-state index in [1.54, 1.807) is 7.11 Å². The molecule has 0 unspecified atom stereocenters. The van der Waals surface area contributed by atoms with Gasteiger partial charge in [-0.15, -0.1) is 6.58 Å². The lowest BCUT2D eigenvalue weighted by Gasteiger charge is -2.13. The highest BCUT2D eigenvalue weighted by molar-refractivity contribution is 6.31. The van der Waals surface area contributed by atoms with E-state index in [9.17, 15) is 0 Å². The van der Waals surface area contributed by atoms with Gasteiger partial charge in [0.05, 0.1) is 13.2 Å². The van der Waals surface area contributed by atoms with Crippen LogP contribution in [0, 0.1) is 0 Å². The molecule has 1 N–H and O–H groups in total. The molecule has 3 nitrogen and oxygen atoms in total. The highest BCUT2D eigenvalue weighted by Crippen LogP contribution is 2.26. The van der Waals surface area contributed by atoms with Gasteiger partial charge in [0.25, 0.3) is 0 Å². The second-order valence-corrected chi connectivity index (χ2v) is 4.57.